The van der Waals surface area contributed by atoms with Crippen molar-refractivity contribution in [2.75, 3.05) is 5.32 Å². The average molecular weight is 530 g/mol. The summed E-state index contributed by atoms with van der Waals surface area (Å²) in [5.74, 6) is 0.825. The smallest absolute Gasteiger partial charge is 0.250 e. The van der Waals surface area contributed by atoms with Gasteiger partial charge in [0.15, 0.2) is 10.2 Å². The van der Waals surface area contributed by atoms with Crippen LogP contribution in [0.3, 0.4) is 0 Å². The molecule has 0 bridgehead atoms. The molecule has 36 heavy (non-hydrogen) atoms. The van der Waals surface area contributed by atoms with Gasteiger partial charge in [0.25, 0.3) is 0 Å². The van der Waals surface area contributed by atoms with E-state index in [9.17, 15) is 4.79 Å². The summed E-state index contributed by atoms with van der Waals surface area (Å²) in [5, 5.41) is 11.3. The number of carbonyl (C=O) groups excluding carboxylic acids is 1. The number of carbonyl (C=O) groups is 1. The summed E-state index contributed by atoms with van der Waals surface area (Å²) in [6, 6.07) is 23.7. The quantitative estimate of drug-likeness (QED) is 0.180. The average Bonchev–Trinajstić information content (AvgIpc) is 3.54. The highest BCUT2D eigenvalue weighted by atomic mass is 35.5. The Morgan fingerprint density at radius 1 is 1.03 bits per heavy atom. The van der Waals surface area contributed by atoms with Crippen LogP contribution in [0.1, 0.15) is 11.3 Å². The Hall–Kier alpha value is -3.78. The monoisotopic (exact) mass is 529 g/mol. The number of benzene rings is 3. The molecular weight excluding hydrogens is 510 g/mol. The Balaban J connectivity index is 1.18. The summed E-state index contributed by atoms with van der Waals surface area (Å²) >= 11 is 12.9. The highest BCUT2D eigenvalue weighted by Crippen LogP contribution is 2.28. The molecule has 0 saturated heterocycles. The van der Waals surface area contributed by atoms with Crippen LogP contribution in [0.25, 0.3) is 39.4 Å². The van der Waals surface area contributed by atoms with E-state index in [0.29, 0.717) is 21.7 Å². The Bertz CT molecular complexity index is 1620. The molecule has 2 heterocycles. The molecule has 0 spiro atoms. The van der Waals surface area contributed by atoms with Crippen molar-refractivity contribution in [3.8, 4) is 22.6 Å². The number of nitrogens with one attached hydrogen (secondary N) is 2. The summed E-state index contributed by atoms with van der Waals surface area (Å²) in [6.07, 6.45) is 2.94. The van der Waals surface area contributed by atoms with E-state index in [1.165, 1.54) is 22.8 Å². The first-order chi connectivity index (χ1) is 17.4. The molecule has 0 aliphatic heterocycles. The first-order valence-corrected chi connectivity index (χ1v) is 12.7. The molecule has 2 aromatic heterocycles. The van der Waals surface area contributed by atoms with Crippen LogP contribution in [0, 0.1) is 6.92 Å². The van der Waals surface area contributed by atoms with Gasteiger partial charge < -0.3 is 9.73 Å². The number of halogens is 1. The minimum atomic E-state index is -0.380. The molecule has 2 N–H and O–H groups in total. The minimum Gasteiger partial charge on any atom is -0.457 e. The molecule has 0 fully saturated rings. The largest absolute Gasteiger partial charge is 0.457 e. The Morgan fingerprint density at radius 3 is 2.67 bits per heavy atom. The SMILES string of the molecule is Cc1ccc(-c2ccc(/C=C/C(=O)NC(=S)Nc3nc(-c4ccc5ccccc5c4)cs3)o2)cc1Cl. The second-order valence-electron chi connectivity index (χ2n) is 8.04. The van der Waals surface area contributed by atoms with Crippen molar-refractivity contribution in [3.05, 3.63) is 101 Å². The third kappa shape index (κ3) is 5.54. The second kappa shape index (κ2) is 10.5. The van der Waals surface area contributed by atoms with Crippen molar-refractivity contribution in [1.82, 2.24) is 10.3 Å². The molecule has 0 aliphatic carbocycles. The minimum absolute atomic E-state index is 0.165. The molecule has 3 aromatic carbocycles. The molecule has 0 radical (unpaired) electrons. The molecule has 5 rings (SSSR count). The standard InChI is InChI=1S/C28H20ClN3O2S2/c1-17-6-7-21(15-23(17)29)25-12-10-22(34-25)11-13-26(33)31-27(35)32-28-30-24(16-36-28)20-9-8-18-4-2-3-5-19(18)14-20/h2-16H,1H3,(H2,30,31,32,33,35)/b13-11+. The van der Waals surface area contributed by atoms with Gasteiger partial charge >= 0.3 is 0 Å². The molecule has 0 unspecified atom stereocenters. The lowest BCUT2D eigenvalue weighted by Crippen LogP contribution is -2.32. The summed E-state index contributed by atoms with van der Waals surface area (Å²) in [6.45, 7) is 1.94. The van der Waals surface area contributed by atoms with Gasteiger partial charge in [-0.25, -0.2) is 4.98 Å². The predicted molar refractivity (Wildman–Crippen MR) is 152 cm³/mol. The van der Waals surface area contributed by atoms with E-state index >= 15 is 0 Å². The zero-order valence-corrected chi connectivity index (χ0v) is 21.5. The van der Waals surface area contributed by atoms with Gasteiger partial charge in [0.1, 0.15) is 11.5 Å². The van der Waals surface area contributed by atoms with E-state index in [2.05, 4.69) is 39.9 Å². The van der Waals surface area contributed by atoms with Crippen molar-refractivity contribution in [3.63, 3.8) is 0 Å². The van der Waals surface area contributed by atoms with Crippen LogP contribution in [0.15, 0.2) is 88.7 Å². The summed E-state index contributed by atoms with van der Waals surface area (Å²) in [7, 11) is 0. The van der Waals surface area contributed by atoms with Gasteiger partial charge in [0.2, 0.25) is 5.91 Å². The number of hydrogen-bond donors (Lipinski definition) is 2. The molecule has 5 aromatic rings. The molecule has 0 aliphatic rings. The summed E-state index contributed by atoms with van der Waals surface area (Å²) in [5.41, 5.74) is 3.72. The molecule has 0 atom stereocenters. The lowest BCUT2D eigenvalue weighted by atomic mass is 10.1. The van der Waals surface area contributed by atoms with Crippen LogP contribution >= 0.6 is 35.2 Å². The van der Waals surface area contributed by atoms with Gasteiger partial charge in [-0.05, 0) is 65.8 Å². The highest BCUT2D eigenvalue weighted by molar-refractivity contribution is 7.80. The molecular formula is C28H20ClN3O2S2. The molecule has 1 amide bonds. The number of amides is 1. The van der Waals surface area contributed by atoms with Crippen molar-refractivity contribution < 1.29 is 9.21 Å². The van der Waals surface area contributed by atoms with Gasteiger partial charge in [0, 0.05) is 27.6 Å². The lowest BCUT2D eigenvalue weighted by Gasteiger charge is -2.04. The highest BCUT2D eigenvalue weighted by Gasteiger charge is 2.09. The van der Waals surface area contributed by atoms with Crippen LogP contribution in [0.5, 0.6) is 0 Å². The first kappa shape index (κ1) is 23.9. The van der Waals surface area contributed by atoms with E-state index in [1.807, 2.05) is 54.8 Å². The molecule has 5 nitrogen and oxygen atoms in total. The zero-order chi connectivity index (χ0) is 25.1. The third-order valence-corrected chi connectivity index (χ3v) is 6.86. The van der Waals surface area contributed by atoms with Crippen LogP contribution in [-0.2, 0) is 4.79 Å². The van der Waals surface area contributed by atoms with Crippen LogP contribution < -0.4 is 10.6 Å². The number of nitrogens with zero attached hydrogens (tertiary/aromatic N) is 1. The lowest BCUT2D eigenvalue weighted by molar-refractivity contribution is -0.115. The maximum atomic E-state index is 12.3. The first-order valence-electron chi connectivity index (χ1n) is 11.1. The number of furan rings is 1. The van der Waals surface area contributed by atoms with Crippen LogP contribution in [0.2, 0.25) is 5.02 Å². The predicted octanol–water partition coefficient (Wildman–Crippen LogP) is 7.71. The number of hydrogen-bond acceptors (Lipinski definition) is 5. The Labute approximate surface area is 222 Å². The molecule has 178 valence electrons. The van der Waals surface area contributed by atoms with Crippen molar-refractivity contribution in [1.29, 1.82) is 0 Å². The topological polar surface area (TPSA) is 67.2 Å². The van der Waals surface area contributed by atoms with E-state index in [-0.39, 0.29) is 11.0 Å². The maximum absolute atomic E-state index is 12.3. The number of thiocarbonyl (C=S) groups is 1. The Morgan fingerprint density at radius 2 is 1.83 bits per heavy atom. The summed E-state index contributed by atoms with van der Waals surface area (Å²) < 4.78 is 5.80. The zero-order valence-electron chi connectivity index (χ0n) is 19.1. The van der Waals surface area contributed by atoms with Crippen LogP contribution in [0.4, 0.5) is 5.13 Å². The van der Waals surface area contributed by atoms with Crippen molar-refractivity contribution in [2.24, 2.45) is 0 Å². The van der Waals surface area contributed by atoms with Gasteiger partial charge in [-0.2, -0.15) is 0 Å². The molecule has 8 heteroatoms. The number of fused-ring (bicyclic) bond motifs is 1. The van der Waals surface area contributed by atoms with Crippen molar-refractivity contribution >= 4 is 68.2 Å². The fraction of sp³-hybridized carbons (Fsp3) is 0.0357. The van der Waals surface area contributed by atoms with Crippen LogP contribution in [-0.4, -0.2) is 16.0 Å². The van der Waals surface area contributed by atoms with Gasteiger partial charge in [-0.3, -0.25) is 10.1 Å². The second-order valence-corrected chi connectivity index (χ2v) is 9.72. The number of rotatable bonds is 5. The number of anilines is 1. The molecule has 0 saturated carbocycles. The van der Waals surface area contributed by atoms with E-state index < -0.39 is 0 Å². The normalized spacial score (nSPS) is 11.2. The summed E-state index contributed by atoms with van der Waals surface area (Å²) in [4.78, 5) is 16.9. The maximum Gasteiger partial charge on any atom is 0.250 e. The fourth-order valence-corrected chi connectivity index (χ4v) is 4.76. The van der Waals surface area contributed by atoms with E-state index in [0.717, 1.165) is 27.8 Å². The van der Waals surface area contributed by atoms with Gasteiger partial charge in [0.05, 0.1) is 5.69 Å². The van der Waals surface area contributed by atoms with E-state index in [1.54, 1.807) is 12.1 Å². The van der Waals surface area contributed by atoms with E-state index in [4.69, 9.17) is 28.2 Å². The van der Waals surface area contributed by atoms with Gasteiger partial charge in [-0.1, -0.05) is 60.1 Å². The Kier molecular flexibility index (Phi) is 6.95. The third-order valence-electron chi connectivity index (χ3n) is 5.49. The fourth-order valence-electron chi connectivity index (χ4n) is 3.60. The number of aromatic nitrogens is 1. The number of aryl methyl sites for hydroxylation is 1. The van der Waals surface area contributed by atoms with Gasteiger partial charge in [-0.15, -0.1) is 11.3 Å². The number of thiazole rings is 1. The van der Waals surface area contributed by atoms with Crippen molar-refractivity contribution in [2.45, 2.75) is 6.92 Å².